The van der Waals surface area contributed by atoms with Gasteiger partial charge in [0, 0.05) is 5.02 Å². The summed E-state index contributed by atoms with van der Waals surface area (Å²) in [6, 6.07) is 13.6. The molecule has 0 aliphatic rings. The summed E-state index contributed by atoms with van der Waals surface area (Å²) in [4.78, 5) is 23.6. The molecule has 1 amide bonds. The van der Waals surface area contributed by atoms with E-state index in [2.05, 4.69) is 5.32 Å². The van der Waals surface area contributed by atoms with Gasteiger partial charge in [0.1, 0.15) is 5.75 Å². The Morgan fingerprint density at radius 2 is 1.72 bits per heavy atom. The van der Waals surface area contributed by atoms with Gasteiger partial charge in [0.2, 0.25) is 0 Å². The van der Waals surface area contributed by atoms with E-state index in [0.717, 1.165) is 5.56 Å². The summed E-state index contributed by atoms with van der Waals surface area (Å²) >= 11 is 5.85. The van der Waals surface area contributed by atoms with Gasteiger partial charge in [-0.3, -0.25) is 4.79 Å². The van der Waals surface area contributed by atoms with E-state index in [4.69, 9.17) is 21.1 Å². The van der Waals surface area contributed by atoms with Crippen molar-refractivity contribution in [3.63, 3.8) is 0 Å². The molecule has 2 rings (SSSR count). The van der Waals surface area contributed by atoms with Crippen LogP contribution in [0.25, 0.3) is 0 Å². The van der Waals surface area contributed by atoms with Crippen LogP contribution in [-0.4, -0.2) is 25.1 Å². The summed E-state index contributed by atoms with van der Waals surface area (Å²) in [5, 5.41) is 3.50. The first kappa shape index (κ1) is 18.8. The van der Waals surface area contributed by atoms with E-state index in [9.17, 15) is 9.59 Å². The average molecular weight is 362 g/mol. The predicted molar refractivity (Wildman–Crippen MR) is 95.9 cm³/mol. The zero-order valence-electron chi connectivity index (χ0n) is 14.1. The number of ether oxygens (including phenoxy) is 2. The summed E-state index contributed by atoms with van der Waals surface area (Å²) in [6.07, 6.45) is 0. The van der Waals surface area contributed by atoms with Gasteiger partial charge in [0.25, 0.3) is 5.91 Å². The van der Waals surface area contributed by atoms with Crippen LogP contribution in [0.1, 0.15) is 35.8 Å². The van der Waals surface area contributed by atoms with Gasteiger partial charge in [-0.1, -0.05) is 23.7 Å². The SMILES string of the molecule is CCOC(=O)c1ccc(OCC(=O)NC(C)c2ccc(Cl)cc2)cc1. The number of carbonyl (C=O) groups is 2. The highest BCUT2D eigenvalue weighted by Gasteiger charge is 2.11. The molecule has 1 N–H and O–H groups in total. The van der Waals surface area contributed by atoms with Crippen LogP contribution in [0.15, 0.2) is 48.5 Å². The van der Waals surface area contributed by atoms with E-state index < -0.39 is 0 Å². The number of carbonyl (C=O) groups excluding carboxylic acids is 2. The molecular formula is C19H20ClNO4. The second-order valence-electron chi connectivity index (χ2n) is 5.37. The van der Waals surface area contributed by atoms with Crippen molar-refractivity contribution in [2.45, 2.75) is 19.9 Å². The first-order valence-electron chi connectivity index (χ1n) is 7.94. The lowest BCUT2D eigenvalue weighted by Gasteiger charge is -2.15. The van der Waals surface area contributed by atoms with Crippen LogP contribution in [0.4, 0.5) is 0 Å². The molecule has 5 nitrogen and oxygen atoms in total. The number of amides is 1. The van der Waals surface area contributed by atoms with Crippen LogP contribution in [0, 0.1) is 0 Å². The van der Waals surface area contributed by atoms with Crippen molar-refractivity contribution < 1.29 is 19.1 Å². The van der Waals surface area contributed by atoms with Crippen molar-refractivity contribution in [2.75, 3.05) is 13.2 Å². The van der Waals surface area contributed by atoms with E-state index in [0.29, 0.717) is 22.9 Å². The second-order valence-corrected chi connectivity index (χ2v) is 5.81. The minimum atomic E-state index is -0.386. The third-order valence-corrected chi connectivity index (χ3v) is 3.73. The number of hydrogen-bond donors (Lipinski definition) is 1. The molecule has 0 heterocycles. The van der Waals surface area contributed by atoms with Crippen LogP contribution in [-0.2, 0) is 9.53 Å². The largest absolute Gasteiger partial charge is 0.484 e. The smallest absolute Gasteiger partial charge is 0.338 e. The predicted octanol–water partition coefficient (Wildman–Crippen LogP) is 3.77. The fraction of sp³-hybridized carbons (Fsp3) is 0.263. The zero-order chi connectivity index (χ0) is 18.2. The lowest BCUT2D eigenvalue weighted by Crippen LogP contribution is -2.31. The van der Waals surface area contributed by atoms with Gasteiger partial charge >= 0.3 is 5.97 Å². The molecule has 132 valence electrons. The van der Waals surface area contributed by atoms with Gasteiger partial charge in [-0.2, -0.15) is 0 Å². The molecule has 0 aliphatic carbocycles. The third-order valence-electron chi connectivity index (χ3n) is 3.48. The molecule has 0 aliphatic heterocycles. The number of halogens is 1. The molecule has 0 spiro atoms. The Balaban J connectivity index is 1.83. The molecule has 6 heteroatoms. The maximum atomic E-state index is 12.0. The lowest BCUT2D eigenvalue weighted by molar-refractivity contribution is -0.123. The first-order valence-corrected chi connectivity index (χ1v) is 8.32. The standard InChI is InChI=1S/C19H20ClNO4/c1-3-24-19(23)15-6-10-17(11-7-15)25-12-18(22)21-13(2)14-4-8-16(20)9-5-14/h4-11,13H,3,12H2,1-2H3,(H,21,22). The van der Waals surface area contributed by atoms with Crippen LogP contribution < -0.4 is 10.1 Å². The number of nitrogens with one attached hydrogen (secondary N) is 1. The van der Waals surface area contributed by atoms with Crippen LogP contribution in [0.3, 0.4) is 0 Å². The topological polar surface area (TPSA) is 64.6 Å². The monoisotopic (exact) mass is 361 g/mol. The number of benzene rings is 2. The summed E-state index contributed by atoms with van der Waals surface area (Å²) in [5.74, 6) is -0.122. The molecule has 2 aromatic carbocycles. The quantitative estimate of drug-likeness (QED) is 0.762. The molecule has 1 unspecified atom stereocenters. The minimum Gasteiger partial charge on any atom is -0.484 e. The lowest BCUT2D eigenvalue weighted by atomic mass is 10.1. The first-order chi connectivity index (χ1) is 12.0. The maximum Gasteiger partial charge on any atom is 0.338 e. The van der Waals surface area contributed by atoms with Crippen molar-refractivity contribution in [1.29, 1.82) is 0 Å². The minimum absolute atomic E-state index is 0.114. The van der Waals surface area contributed by atoms with Crippen molar-refractivity contribution in [3.05, 3.63) is 64.7 Å². The van der Waals surface area contributed by atoms with E-state index in [1.807, 2.05) is 19.1 Å². The van der Waals surface area contributed by atoms with Crippen molar-refractivity contribution in [1.82, 2.24) is 5.32 Å². The molecule has 2 aromatic rings. The molecular weight excluding hydrogens is 342 g/mol. The number of esters is 1. The van der Waals surface area contributed by atoms with Gasteiger partial charge in [0.05, 0.1) is 18.2 Å². The zero-order valence-corrected chi connectivity index (χ0v) is 14.9. The van der Waals surface area contributed by atoms with Gasteiger partial charge in [-0.05, 0) is 55.8 Å². The molecule has 0 saturated carbocycles. The Bertz CT molecular complexity index is 713. The Morgan fingerprint density at radius 1 is 1.08 bits per heavy atom. The summed E-state index contributed by atoms with van der Waals surface area (Å²) in [6.45, 7) is 3.84. The molecule has 25 heavy (non-hydrogen) atoms. The highest BCUT2D eigenvalue weighted by Crippen LogP contribution is 2.16. The Hall–Kier alpha value is -2.53. The van der Waals surface area contributed by atoms with E-state index in [1.54, 1.807) is 43.3 Å². The average Bonchev–Trinajstić information content (AvgIpc) is 2.61. The molecule has 0 aromatic heterocycles. The summed E-state index contributed by atoms with van der Waals surface area (Å²) in [7, 11) is 0. The molecule has 0 saturated heterocycles. The normalized spacial score (nSPS) is 11.5. The van der Waals surface area contributed by atoms with Crippen LogP contribution >= 0.6 is 11.6 Å². The van der Waals surface area contributed by atoms with Crippen molar-refractivity contribution in [3.8, 4) is 5.75 Å². The van der Waals surface area contributed by atoms with Gasteiger partial charge in [0.15, 0.2) is 6.61 Å². The van der Waals surface area contributed by atoms with Gasteiger partial charge < -0.3 is 14.8 Å². The third kappa shape index (κ3) is 5.80. The van der Waals surface area contributed by atoms with Crippen LogP contribution in [0.2, 0.25) is 5.02 Å². The summed E-state index contributed by atoms with van der Waals surface area (Å²) < 4.78 is 10.3. The molecule has 1 atom stereocenters. The van der Waals surface area contributed by atoms with E-state index >= 15 is 0 Å². The Morgan fingerprint density at radius 3 is 2.32 bits per heavy atom. The maximum absolute atomic E-state index is 12.0. The number of rotatable bonds is 7. The molecule has 0 bridgehead atoms. The summed E-state index contributed by atoms with van der Waals surface area (Å²) in [5.41, 5.74) is 1.39. The Labute approximate surface area is 151 Å². The van der Waals surface area contributed by atoms with Gasteiger partial charge in [-0.15, -0.1) is 0 Å². The van der Waals surface area contributed by atoms with Crippen molar-refractivity contribution in [2.24, 2.45) is 0 Å². The highest BCUT2D eigenvalue weighted by atomic mass is 35.5. The van der Waals surface area contributed by atoms with Crippen molar-refractivity contribution >= 4 is 23.5 Å². The van der Waals surface area contributed by atoms with E-state index in [1.165, 1.54) is 0 Å². The molecule has 0 fully saturated rings. The van der Waals surface area contributed by atoms with Crippen LogP contribution in [0.5, 0.6) is 5.75 Å². The fourth-order valence-corrected chi connectivity index (χ4v) is 2.29. The highest BCUT2D eigenvalue weighted by molar-refractivity contribution is 6.30. The second kappa shape index (κ2) is 9.08. The van der Waals surface area contributed by atoms with E-state index in [-0.39, 0.29) is 24.5 Å². The Kier molecular flexibility index (Phi) is 6.83. The molecule has 0 radical (unpaired) electrons. The fourth-order valence-electron chi connectivity index (χ4n) is 2.17. The van der Waals surface area contributed by atoms with Gasteiger partial charge in [-0.25, -0.2) is 4.79 Å². The number of hydrogen-bond acceptors (Lipinski definition) is 4.